The van der Waals surface area contributed by atoms with Crippen molar-refractivity contribution in [2.24, 2.45) is 0 Å². The van der Waals surface area contributed by atoms with E-state index in [0.29, 0.717) is 40.1 Å². The number of aromatic nitrogens is 3. The van der Waals surface area contributed by atoms with Crippen molar-refractivity contribution in [3.05, 3.63) is 54.7 Å². The Morgan fingerprint density at radius 3 is 1.79 bits per heavy atom. The quantitative estimate of drug-likeness (QED) is 0.374. The van der Waals surface area contributed by atoms with E-state index in [1.165, 1.54) is 0 Å². The Morgan fingerprint density at radius 1 is 0.697 bits per heavy atom. The third-order valence-electron chi connectivity index (χ3n) is 4.68. The lowest BCUT2D eigenvalue weighted by molar-refractivity contribution is 0.394. The molecule has 2 heterocycles. The number of ether oxygens (including phenoxy) is 4. The van der Waals surface area contributed by atoms with E-state index in [9.17, 15) is 0 Å². The van der Waals surface area contributed by atoms with Crippen molar-refractivity contribution in [3.63, 3.8) is 0 Å². The summed E-state index contributed by atoms with van der Waals surface area (Å²) in [5.74, 6) is 3.37. The summed E-state index contributed by atoms with van der Waals surface area (Å²) in [6, 6.07) is 14.6. The molecule has 0 radical (unpaired) electrons. The van der Waals surface area contributed by atoms with Gasteiger partial charge in [-0.25, -0.2) is 4.98 Å². The predicted molar refractivity (Wildman–Crippen MR) is 123 cm³/mol. The number of hydrogen-bond acceptors (Lipinski definition) is 10. The number of hydrogen-bond donors (Lipinski definition) is 2. The fourth-order valence-electron chi connectivity index (χ4n) is 3.08. The maximum atomic E-state index is 5.84. The maximum absolute atomic E-state index is 5.84. The van der Waals surface area contributed by atoms with Gasteiger partial charge in [-0.1, -0.05) is 5.10 Å². The zero-order valence-electron chi connectivity index (χ0n) is 18.6. The van der Waals surface area contributed by atoms with Crippen LogP contribution in [0.3, 0.4) is 0 Å². The molecule has 0 fully saturated rings. The molecule has 0 spiro atoms. The Balaban J connectivity index is 1.60. The molecule has 0 atom stereocenters. The first-order chi connectivity index (χ1) is 16.1. The Bertz CT molecular complexity index is 1200. The molecule has 0 aliphatic rings. The standard InChI is InChI=1S/C23H23N5O5/c1-29-16-8-14(9-17(12-16)30-2)25-21-20(6-5-7-24-21)22-27-28-23(33-22)26-15-10-18(31-3)13-19(11-15)32-4/h5-13H,1-4H3,(H,24,25)(H,26,28). The molecule has 10 nitrogen and oxygen atoms in total. The molecule has 0 bridgehead atoms. The van der Waals surface area contributed by atoms with Gasteiger partial charge in [-0.15, -0.1) is 5.10 Å². The highest BCUT2D eigenvalue weighted by molar-refractivity contribution is 5.74. The van der Waals surface area contributed by atoms with Crippen molar-refractivity contribution in [1.29, 1.82) is 0 Å². The zero-order chi connectivity index (χ0) is 23.2. The second-order valence-electron chi connectivity index (χ2n) is 6.76. The highest BCUT2D eigenvalue weighted by Crippen LogP contribution is 2.33. The van der Waals surface area contributed by atoms with E-state index in [0.717, 1.165) is 5.69 Å². The van der Waals surface area contributed by atoms with Crippen LogP contribution in [0.5, 0.6) is 23.0 Å². The van der Waals surface area contributed by atoms with E-state index in [1.54, 1.807) is 65.0 Å². The topological polar surface area (TPSA) is 113 Å². The van der Waals surface area contributed by atoms with Gasteiger partial charge < -0.3 is 34.0 Å². The SMILES string of the molecule is COc1cc(Nc2nnc(-c3cccnc3Nc3cc(OC)cc(OC)c3)o2)cc(OC)c1. The number of nitrogens with one attached hydrogen (secondary N) is 2. The van der Waals surface area contributed by atoms with E-state index >= 15 is 0 Å². The molecule has 4 rings (SSSR count). The van der Waals surface area contributed by atoms with E-state index in [2.05, 4.69) is 25.8 Å². The van der Waals surface area contributed by atoms with Crippen LogP contribution in [0.4, 0.5) is 23.2 Å². The van der Waals surface area contributed by atoms with Gasteiger partial charge in [0.2, 0.25) is 0 Å². The summed E-state index contributed by atoms with van der Waals surface area (Å²) in [6.07, 6.45) is 1.67. The lowest BCUT2D eigenvalue weighted by Crippen LogP contribution is -1.98. The average Bonchev–Trinajstić information content (AvgIpc) is 3.31. The van der Waals surface area contributed by atoms with Gasteiger partial charge in [0, 0.05) is 54.0 Å². The van der Waals surface area contributed by atoms with Gasteiger partial charge in [-0.2, -0.15) is 0 Å². The summed E-state index contributed by atoms with van der Waals surface area (Å²) in [7, 11) is 6.35. The summed E-state index contributed by atoms with van der Waals surface area (Å²) >= 11 is 0. The molecule has 170 valence electrons. The second-order valence-corrected chi connectivity index (χ2v) is 6.76. The van der Waals surface area contributed by atoms with Crippen LogP contribution in [-0.4, -0.2) is 43.6 Å². The van der Waals surface area contributed by atoms with E-state index in [-0.39, 0.29) is 11.9 Å². The van der Waals surface area contributed by atoms with Gasteiger partial charge in [0.25, 0.3) is 5.89 Å². The van der Waals surface area contributed by atoms with Crippen LogP contribution in [0.15, 0.2) is 59.1 Å². The molecule has 0 saturated heterocycles. The molecular weight excluding hydrogens is 426 g/mol. The van der Waals surface area contributed by atoms with Crippen molar-refractivity contribution in [2.75, 3.05) is 39.1 Å². The molecule has 0 aliphatic carbocycles. The minimum atomic E-state index is 0.207. The largest absolute Gasteiger partial charge is 0.497 e. The molecule has 0 aliphatic heterocycles. The number of benzene rings is 2. The third kappa shape index (κ3) is 5.06. The van der Waals surface area contributed by atoms with E-state index in [4.69, 9.17) is 23.4 Å². The Hall–Kier alpha value is -4.47. The summed E-state index contributed by atoms with van der Waals surface area (Å²) in [5, 5.41) is 14.6. The summed E-state index contributed by atoms with van der Waals surface area (Å²) < 4.78 is 27.1. The van der Waals surface area contributed by atoms with Gasteiger partial charge in [-0.3, -0.25) is 0 Å². The van der Waals surface area contributed by atoms with Crippen LogP contribution in [0.25, 0.3) is 11.5 Å². The number of pyridine rings is 1. The van der Waals surface area contributed by atoms with Gasteiger partial charge in [0.1, 0.15) is 28.8 Å². The molecule has 2 aromatic carbocycles. The van der Waals surface area contributed by atoms with Crippen LogP contribution in [-0.2, 0) is 0 Å². The summed E-state index contributed by atoms with van der Waals surface area (Å²) in [6.45, 7) is 0. The molecule has 33 heavy (non-hydrogen) atoms. The van der Waals surface area contributed by atoms with Crippen molar-refractivity contribution < 1.29 is 23.4 Å². The van der Waals surface area contributed by atoms with Crippen molar-refractivity contribution in [3.8, 4) is 34.5 Å². The van der Waals surface area contributed by atoms with Crippen LogP contribution in [0.2, 0.25) is 0 Å². The van der Waals surface area contributed by atoms with Gasteiger partial charge >= 0.3 is 6.01 Å². The first-order valence-corrected chi connectivity index (χ1v) is 9.91. The molecule has 2 aromatic heterocycles. The first-order valence-electron chi connectivity index (χ1n) is 9.91. The smallest absolute Gasteiger partial charge is 0.320 e. The maximum Gasteiger partial charge on any atom is 0.320 e. The van der Waals surface area contributed by atoms with Crippen molar-refractivity contribution >= 4 is 23.2 Å². The number of methoxy groups -OCH3 is 4. The number of rotatable bonds is 9. The average molecular weight is 449 g/mol. The number of anilines is 4. The fraction of sp³-hybridized carbons (Fsp3) is 0.174. The predicted octanol–water partition coefficient (Wildman–Crippen LogP) is 4.65. The molecule has 4 aromatic rings. The van der Waals surface area contributed by atoms with Crippen LogP contribution >= 0.6 is 0 Å². The van der Waals surface area contributed by atoms with Crippen LogP contribution in [0, 0.1) is 0 Å². The number of nitrogens with zero attached hydrogens (tertiary/aromatic N) is 3. The highest BCUT2D eigenvalue weighted by Gasteiger charge is 2.15. The molecule has 0 amide bonds. The van der Waals surface area contributed by atoms with E-state index in [1.807, 2.05) is 18.2 Å². The minimum absolute atomic E-state index is 0.207. The third-order valence-corrected chi connectivity index (χ3v) is 4.68. The Morgan fingerprint density at radius 2 is 1.24 bits per heavy atom. The monoisotopic (exact) mass is 449 g/mol. The van der Waals surface area contributed by atoms with Crippen molar-refractivity contribution in [1.82, 2.24) is 15.2 Å². The molecule has 10 heteroatoms. The Kier molecular flexibility index (Phi) is 6.44. The summed E-state index contributed by atoms with van der Waals surface area (Å²) in [5.41, 5.74) is 2.03. The zero-order valence-corrected chi connectivity index (χ0v) is 18.6. The molecular formula is C23H23N5O5. The second kappa shape index (κ2) is 9.77. The lowest BCUT2D eigenvalue weighted by atomic mass is 10.2. The molecule has 2 N–H and O–H groups in total. The van der Waals surface area contributed by atoms with Crippen LogP contribution in [0.1, 0.15) is 0 Å². The molecule has 0 saturated carbocycles. The van der Waals surface area contributed by atoms with E-state index < -0.39 is 0 Å². The van der Waals surface area contributed by atoms with Gasteiger partial charge in [-0.05, 0) is 12.1 Å². The Labute approximate surface area is 190 Å². The van der Waals surface area contributed by atoms with Gasteiger partial charge in [0.15, 0.2) is 0 Å². The normalized spacial score (nSPS) is 10.4. The minimum Gasteiger partial charge on any atom is -0.497 e. The summed E-state index contributed by atoms with van der Waals surface area (Å²) in [4.78, 5) is 4.43. The fourth-order valence-corrected chi connectivity index (χ4v) is 3.08. The van der Waals surface area contributed by atoms with Gasteiger partial charge in [0.05, 0.1) is 34.0 Å². The molecule has 0 unspecified atom stereocenters. The van der Waals surface area contributed by atoms with Crippen molar-refractivity contribution in [2.45, 2.75) is 0 Å². The first kappa shape index (κ1) is 21.8. The highest BCUT2D eigenvalue weighted by atomic mass is 16.5. The lowest BCUT2D eigenvalue weighted by Gasteiger charge is -2.11. The van der Waals surface area contributed by atoms with Crippen LogP contribution < -0.4 is 29.6 Å².